The van der Waals surface area contributed by atoms with Crippen LogP contribution in [-0.2, 0) is 19.6 Å². The summed E-state index contributed by atoms with van der Waals surface area (Å²) in [5.41, 5.74) is 0.174. The molecule has 2 rings (SSSR count). The van der Waals surface area contributed by atoms with Crippen LogP contribution in [0.15, 0.2) is 9.42 Å². The number of piperazine rings is 1. The van der Waals surface area contributed by atoms with Crippen LogP contribution < -0.4 is 5.32 Å². The molecule has 0 spiro atoms. The van der Waals surface area contributed by atoms with Crippen LogP contribution in [0.1, 0.15) is 17.9 Å². The fourth-order valence-electron chi connectivity index (χ4n) is 2.30. The monoisotopic (exact) mass is 317 g/mol. The average molecular weight is 317 g/mol. The number of carboxylic acid groups (broad SMARTS) is 1. The van der Waals surface area contributed by atoms with E-state index in [2.05, 4.69) is 10.5 Å². The molecule has 0 aromatic carbocycles. The van der Waals surface area contributed by atoms with Crippen molar-refractivity contribution in [1.82, 2.24) is 14.8 Å². The third-order valence-corrected chi connectivity index (χ3v) is 5.34. The SMILES string of the molecule is Cc1noc(C)c1S(=O)(=O)N1CCNC(=O)C1CC(=O)O. The van der Waals surface area contributed by atoms with Crippen molar-refractivity contribution in [3.8, 4) is 0 Å². The maximum atomic E-state index is 12.7. The number of carbonyl (C=O) groups is 2. The van der Waals surface area contributed by atoms with Crippen LogP contribution in [0.3, 0.4) is 0 Å². The summed E-state index contributed by atoms with van der Waals surface area (Å²) < 4.78 is 31.1. The van der Waals surface area contributed by atoms with E-state index in [1.807, 2.05) is 0 Å². The van der Waals surface area contributed by atoms with Crippen LogP contribution in [-0.4, -0.2) is 54.0 Å². The van der Waals surface area contributed by atoms with Crippen LogP contribution >= 0.6 is 0 Å². The number of aromatic nitrogens is 1. The predicted molar refractivity (Wildman–Crippen MR) is 68.9 cm³/mol. The Balaban J connectivity index is 2.46. The lowest BCUT2D eigenvalue weighted by Crippen LogP contribution is -2.57. The molecule has 1 saturated heterocycles. The van der Waals surface area contributed by atoms with Gasteiger partial charge >= 0.3 is 5.97 Å². The van der Waals surface area contributed by atoms with Crippen LogP contribution in [0.25, 0.3) is 0 Å². The molecule has 1 fully saturated rings. The highest BCUT2D eigenvalue weighted by atomic mass is 32.2. The Hall–Kier alpha value is -1.94. The summed E-state index contributed by atoms with van der Waals surface area (Å²) in [7, 11) is -4.05. The van der Waals surface area contributed by atoms with Gasteiger partial charge in [0.1, 0.15) is 16.6 Å². The number of sulfonamides is 1. The fourth-order valence-corrected chi connectivity index (χ4v) is 4.18. The van der Waals surface area contributed by atoms with Gasteiger partial charge in [-0.2, -0.15) is 4.31 Å². The Bertz CT molecular complexity index is 661. The lowest BCUT2D eigenvalue weighted by atomic mass is 10.1. The van der Waals surface area contributed by atoms with Gasteiger partial charge in [-0.05, 0) is 13.8 Å². The fraction of sp³-hybridized carbons (Fsp3) is 0.545. The standard InChI is InChI=1S/C11H15N3O6S/c1-6-10(7(2)20-13-6)21(18,19)14-4-3-12-11(17)8(14)5-9(15)16/h8H,3-5H2,1-2H3,(H,12,17)(H,15,16). The molecule has 0 aliphatic carbocycles. The molecule has 1 aromatic heterocycles. The smallest absolute Gasteiger partial charge is 0.305 e. The Morgan fingerprint density at radius 3 is 2.71 bits per heavy atom. The van der Waals surface area contributed by atoms with Crippen LogP contribution in [0.5, 0.6) is 0 Å². The molecule has 2 heterocycles. The summed E-state index contributed by atoms with van der Waals surface area (Å²) in [6, 6.07) is -1.28. The van der Waals surface area contributed by atoms with Crippen molar-refractivity contribution in [1.29, 1.82) is 0 Å². The topological polar surface area (TPSA) is 130 Å². The van der Waals surface area contributed by atoms with Gasteiger partial charge in [0.2, 0.25) is 15.9 Å². The zero-order valence-corrected chi connectivity index (χ0v) is 12.3. The molecule has 10 heteroatoms. The third kappa shape index (κ3) is 2.76. The normalized spacial score (nSPS) is 20.3. The molecule has 1 aliphatic rings. The quantitative estimate of drug-likeness (QED) is 0.747. The van der Waals surface area contributed by atoms with E-state index in [1.165, 1.54) is 13.8 Å². The number of aliphatic carboxylic acids is 1. The van der Waals surface area contributed by atoms with Crippen molar-refractivity contribution >= 4 is 21.9 Å². The Kier molecular flexibility index (Phi) is 4.01. The molecular weight excluding hydrogens is 302 g/mol. The third-order valence-electron chi connectivity index (χ3n) is 3.18. The molecule has 1 atom stereocenters. The summed E-state index contributed by atoms with van der Waals surface area (Å²) in [5.74, 6) is -1.78. The van der Waals surface area contributed by atoms with E-state index in [9.17, 15) is 18.0 Å². The Morgan fingerprint density at radius 1 is 1.52 bits per heavy atom. The predicted octanol–water partition coefficient (Wildman–Crippen LogP) is -0.745. The summed E-state index contributed by atoms with van der Waals surface area (Å²) >= 11 is 0. The first kappa shape index (κ1) is 15.4. The lowest BCUT2D eigenvalue weighted by Gasteiger charge is -2.33. The molecule has 1 amide bonds. The molecule has 1 aromatic rings. The molecule has 0 radical (unpaired) electrons. The highest BCUT2D eigenvalue weighted by Crippen LogP contribution is 2.26. The molecular formula is C11H15N3O6S. The largest absolute Gasteiger partial charge is 0.481 e. The Morgan fingerprint density at radius 2 is 2.19 bits per heavy atom. The average Bonchev–Trinajstić information content (AvgIpc) is 2.71. The molecule has 0 bridgehead atoms. The molecule has 1 unspecified atom stereocenters. The number of nitrogens with zero attached hydrogens (tertiary/aromatic N) is 2. The van der Waals surface area contributed by atoms with E-state index >= 15 is 0 Å². The van der Waals surface area contributed by atoms with Gasteiger partial charge in [0.25, 0.3) is 0 Å². The summed E-state index contributed by atoms with van der Waals surface area (Å²) in [6.45, 7) is 3.04. The van der Waals surface area contributed by atoms with Gasteiger partial charge in [-0.15, -0.1) is 0 Å². The first-order chi connectivity index (χ1) is 9.75. The van der Waals surface area contributed by atoms with Crippen molar-refractivity contribution in [2.24, 2.45) is 0 Å². The van der Waals surface area contributed by atoms with Crippen LogP contribution in [0, 0.1) is 13.8 Å². The second kappa shape index (κ2) is 5.45. The first-order valence-corrected chi connectivity index (χ1v) is 7.63. The van der Waals surface area contributed by atoms with Crippen molar-refractivity contribution in [2.75, 3.05) is 13.1 Å². The number of hydrogen-bond acceptors (Lipinski definition) is 6. The summed E-state index contributed by atoms with van der Waals surface area (Å²) in [5, 5.41) is 14.9. The molecule has 1 aliphatic heterocycles. The zero-order chi connectivity index (χ0) is 15.8. The van der Waals surface area contributed by atoms with Gasteiger partial charge in [-0.3, -0.25) is 9.59 Å². The van der Waals surface area contributed by atoms with E-state index in [4.69, 9.17) is 9.63 Å². The van der Waals surface area contributed by atoms with Crippen molar-refractivity contribution in [3.05, 3.63) is 11.5 Å². The second-order valence-corrected chi connectivity index (χ2v) is 6.50. The van der Waals surface area contributed by atoms with Gasteiger partial charge in [0, 0.05) is 13.1 Å². The molecule has 116 valence electrons. The lowest BCUT2D eigenvalue weighted by molar-refractivity contribution is -0.141. The maximum absolute atomic E-state index is 12.7. The van der Waals surface area contributed by atoms with Crippen LogP contribution in [0.4, 0.5) is 0 Å². The molecule has 21 heavy (non-hydrogen) atoms. The Labute approximate surface area is 120 Å². The number of amides is 1. The molecule has 0 saturated carbocycles. The van der Waals surface area contributed by atoms with E-state index in [0.29, 0.717) is 0 Å². The highest BCUT2D eigenvalue weighted by Gasteiger charge is 2.41. The number of hydrogen-bond donors (Lipinski definition) is 2. The van der Waals surface area contributed by atoms with Crippen molar-refractivity contribution in [3.63, 3.8) is 0 Å². The van der Waals surface area contributed by atoms with E-state index in [-0.39, 0.29) is 29.4 Å². The van der Waals surface area contributed by atoms with E-state index in [1.54, 1.807) is 0 Å². The minimum absolute atomic E-state index is 0.00389. The van der Waals surface area contributed by atoms with E-state index in [0.717, 1.165) is 4.31 Å². The van der Waals surface area contributed by atoms with Crippen molar-refractivity contribution in [2.45, 2.75) is 31.2 Å². The second-order valence-electron chi connectivity index (χ2n) is 4.67. The maximum Gasteiger partial charge on any atom is 0.305 e. The van der Waals surface area contributed by atoms with Crippen LogP contribution in [0.2, 0.25) is 0 Å². The van der Waals surface area contributed by atoms with Gasteiger partial charge < -0.3 is 14.9 Å². The van der Waals surface area contributed by atoms with Gasteiger partial charge in [0.05, 0.1) is 6.42 Å². The number of carbonyl (C=O) groups excluding carboxylic acids is 1. The summed E-state index contributed by atoms with van der Waals surface area (Å²) in [6.07, 6.45) is -0.603. The number of carboxylic acids is 1. The van der Waals surface area contributed by atoms with Crippen molar-refractivity contribution < 1.29 is 27.6 Å². The summed E-state index contributed by atoms with van der Waals surface area (Å²) in [4.78, 5) is 22.6. The molecule has 2 N–H and O–H groups in total. The minimum atomic E-state index is -4.05. The number of nitrogens with one attached hydrogen (secondary N) is 1. The van der Waals surface area contributed by atoms with Gasteiger partial charge in [-0.25, -0.2) is 8.42 Å². The first-order valence-electron chi connectivity index (χ1n) is 6.19. The van der Waals surface area contributed by atoms with Gasteiger partial charge in [-0.1, -0.05) is 5.16 Å². The zero-order valence-electron chi connectivity index (χ0n) is 11.5. The molecule has 9 nitrogen and oxygen atoms in total. The number of aryl methyl sites for hydroxylation is 2. The van der Waals surface area contributed by atoms with E-state index < -0.39 is 34.4 Å². The minimum Gasteiger partial charge on any atom is -0.481 e. The highest BCUT2D eigenvalue weighted by molar-refractivity contribution is 7.89. The van der Waals surface area contributed by atoms with Gasteiger partial charge in [0.15, 0.2) is 5.76 Å². The number of rotatable bonds is 4.